The van der Waals surface area contributed by atoms with E-state index < -0.39 is 141 Å². The summed E-state index contributed by atoms with van der Waals surface area (Å²) in [5.74, 6) is -0.551. The summed E-state index contributed by atoms with van der Waals surface area (Å²) in [5, 5.41) is 22.6. The van der Waals surface area contributed by atoms with E-state index in [1.54, 1.807) is 13.8 Å². The lowest BCUT2D eigenvalue weighted by molar-refractivity contribution is -0.745. The van der Waals surface area contributed by atoms with Crippen LogP contribution in [0.4, 0.5) is 17.7 Å². The minimum Gasteiger partial charge on any atom is -0.386 e. The number of nitrogen functional groups attached to an aromatic ring is 3. The minimum atomic E-state index is -6.15. The first-order chi connectivity index (χ1) is 37.1. The van der Waals surface area contributed by atoms with E-state index in [4.69, 9.17) is 75.5 Å². The molecule has 0 saturated carbocycles. The lowest BCUT2D eigenvalue weighted by atomic mass is 10.1. The number of nitrogens with two attached hydrogens (primary N) is 3. The number of anilines is 3. The van der Waals surface area contributed by atoms with Crippen LogP contribution < -0.4 is 32.9 Å². The Kier molecular flexibility index (Phi) is 16.8. The number of aromatic amines is 2. The Hall–Kier alpha value is -4.73. The molecule has 38 nitrogen and oxygen atoms in total. The van der Waals surface area contributed by atoms with Crippen LogP contribution >= 0.6 is 30.2 Å². The second-order valence-electron chi connectivity index (χ2n) is 17.8. The van der Waals surface area contributed by atoms with Crippen molar-refractivity contribution in [1.29, 1.82) is 0 Å². The van der Waals surface area contributed by atoms with E-state index in [1.165, 1.54) is 51.4 Å². The Labute approximate surface area is 446 Å². The molecule has 0 spiro atoms. The number of nitrogens with one attached hydrogen (secondary N) is 2. The van der Waals surface area contributed by atoms with Crippen LogP contribution in [-0.4, -0.2) is 178 Å². The monoisotopic (exact) mass is 1220 g/mol. The zero-order chi connectivity index (χ0) is 57.3. The van der Waals surface area contributed by atoms with Gasteiger partial charge in [0.2, 0.25) is 17.7 Å². The highest BCUT2D eigenvalue weighted by Crippen LogP contribution is 2.68. The van der Waals surface area contributed by atoms with Crippen molar-refractivity contribution in [3.8, 4) is 0 Å². The van der Waals surface area contributed by atoms with Crippen LogP contribution in [-0.2, 0) is 87.7 Å². The number of H-pyrrole nitrogens is 2. The zero-order valence-electron chi connectivity index (χ0n) is 41.5. The van der Waals surface area contributed by atoms with Gasteiger partial charge in [0, 0.05) is 14.2 Å². The van der Waals surface area contributed by atoms with Crippen LogP contribution in [0.1, 0.15) is 32.5 Å². The molecule has 16 atom stereocenters. The summed E-state index contributed by atoms with van der Waals surface area (Å²) in [6, 6.07) is 0. The number of aromatic nitrogens is 12. The second-order valence-corrected chi connectivity index (χ2v) is 25.3. The van der Waals surface area contributed by atoms with Crippen molar-refractivity contribution in [1.82, 2.24) is 53.6 Å². The predicted octanol–water partition coefficient (Wildman–Crippen LogP) is -2.51. The molecule has 79 heavy (non-hydrogen) atoms. The standard InChI is InChI=1S/C36H51N15O23P4S/c1-13(2)68-23-15(70-32(21(23)53)50-11-43-18-28(50)44-35(38)46-30(18)54)8-67-78(62,79)72-24-16(71-34(25(24)64-5)49-10-42-17-26(37)40-9-41-27(17)49)7-66-76(58,59)74-77(60,61)73-75(56,57)65-6-14-22(63-4)20(52)33(69-14)51-12-48(3)19-29(51)45-36(39)47-31(19)55/h9-16,20-25,32-34,52-53H,6-8H2,1-5H3,(H11-,37,38,39,40,41,44,45,46,47,54,55,56,57,58,59,60,61,62,79)/p+1/t14-,15-,16-,20?,21?,22+,23+,24+,25?,32-,33-,34-,78?/m1/s1. The highest BCUT2D eigenvalue weighted by molar-refractivity contribution is 8.07. The zero-order valence-corrected chi connectivity index (χ0v) is 45.9. The van der Waals surface area contributed by atoms with Gasteiger partial charge in [-0.3, -0.25) is 46.8 Å². The molecule has 9 heterocycles. The molecule has 3 fully saturated rings. The largest absolute Gasteiger partial charge is 0.490 e. The number of nitrogens with zero attached hydrogens (tertiary/aromatic N) is 10. The summed E-state index contributed by atoms with van der Waals surface area (Å²) >= 11 is 5.42. The van der Waals surface area contributed by atoms with E-state index in [2.05, 4.69) is 48.5 Å². The third kappa shape index (κ3) is 12.3. The third-order valence-electron chi connectivity index (χ3n) is 12.2. The fraction of sp³-hybridized carbons (Fsp3) is 0.583. The number of ether oxygens (including phenoxy) is 6. The molecule has 0 radical (unpaired) electrons. The summed E-state index contributed by atoms with van der Waals surface area (Å²) in [5.41, 5.74) is 16.3. The number of phosphoric ester groups is 2. The molecule has 6 aromatic heterocycles. The van der Waals surface area contributed by atoms with Gasteiger partial charge in [-0.15, -0.1) is 0 Å². The van der Waals surface area contributed by atoms with Crippen molar-refractivity contribution in [3.05, 3.63) is 46.0 Å². The van der Waals surface area contributed by atoms with E-state index >= 15 is 0 Å². The van der Waals surface area contributed by atoms with Crippen LogP contribution in [0, 0.1) is 0 Å². The van der Waals surface area contributed by atoms with Crippen molar-refractivity contribution in [3.63, 3.8) is 0 Å². The fourth-order valence-electron chi connectivity index (χ4n) is 9.04. The normalized spacial score (nSPS) is 29.6. The summed E-state index contributed by atoms with van der Waals surface area (Å²) in [4.78, 5) is 97.7. The number of aliphatic hydroxyl groups is 2. The van der Waals surface area contributed by atoms with Gasteiger partial charge >= 0.3 is 35.8 Å². The Bertz CT molecular complexity index is 3570. The maximum atomic E-state index is 13.4. The first kappa shape index (κ1) is 58.9. The smallest absolute Gasteiger partial charge is 0.386 e. The molecular weight excluding hydrogens is 1170 g/mol. The molecule has 14 N–H and O–H groups in total. The average molecular weight is 1220 g/mol. The van der Waals surface area contributed by atoms with Crippen LogP contribution in [0.25, 0.3) is 33.5 Å². The van der Waals surface area contributed by atoms with Crippen LogP contribution in [0.15, 0.2) is 34.9 Å². The van der Waals surface area contributed by atoms with E-state index in [1.807, 2.05) is 0 Å². The molecule has 0 bridgehead atoms. The van der Waals surface area contributed by atoms with Gasteiger partial charge in [0.15, 0.2) is 41.4 Å². The molecular formula is C36H52N15O23P4S+. The molecule has 434 valence electrons. The van der Waals surface area contributed by atoms with E-state index in [-0.39, 0.29) is 51.2 Å². The van der Waals surface area contributed by atoms with E-state index in [0.29, 0.717) is 0 Å². The number of methoxy groups -OCH3 is 2. The van der Waals surface area contributed by atoms with Crippen molar-refractivity contribution in [2.45, 2.75) is 93.6 Å². The predicted molar refractivity (Wildman–Crippen MR) is 264 cm³/mol. The Balaban J connectivity index is 0.882. The number of phosphoric acid groups is 3. The van der Waals surface area contributed by atoms with Crippen LogP contribution in [0.3, 0.4) is 0 Å². The lowest BCUT2D eigenvalue weighted by Crippen LogP contribution is -2.46. The number of rotatable bonds is 22. The maximum Gasteiger partial charge on any atom is 0.490 e. The third-order valence-corrected chi connectivity index (χ3v) is 18.0. The molecule has 3 aliphatic heterocycles. The fourth-order valence-corrected chi connectivity index (χ4v) is 14.0. The second kappa shape index (κ2) is 22.6. The lowest BCUT2D eigenvalue weighted by Gasteiger charge is -2.28. The first-order valence-corrected chi connectivity index (χ1v) is 30.0. The maximum absolute atomic E-state index is 13.4. The molecule has 6 aromatic rings. The van der Waals surface area contributed by atoms with Crippen LogP contribution in [0.2, 0.25) is 0 Å². The van der Waals surface area contributed by atoms with Gasteiger partial charge in [-0.2, -0.15) is 13.6 Å². The number of fused-ring (bicyclic) bond motifs is 3. The van der Waals surface area contributed by atoms with Crippen molar-refractivity contribution < 1.29 is 103 Å². The Morgan fingerprint density at radius 2 is 1.29 bits per heavy atom. The molecule has 9 rings (SSSR count). The molecule has 3 saturated heterocycles. The quantitative estimate of drug-likeness (QED) is 0.0247. The van der Waals surface area contributed by atoms with Crippen molar-refractivity contribution in [2.75, 3.05) is 51.2 Å². The topological polar surface area (TPSA) is 523 Å². The summed E-state index contributed by atoms with van der Waals surface area (Å²) < 4.78 is 110. The summed E-state index contributed by atoms with van der Waals surface area (Å²) in [7, 11) is -14.0. The SMILES string of the molecule is COC1[C@@H](OP(O)(=S)OC[C@H]2O[C@@H](n3cnc4c(=O)[nH]c(N)nc43)C(O)[C@H]2OC(C)C)[C@@H](COP(=O)(O)OP(=O)(O)OP(=O)(O)OC[C@H]2O[C@@H]([n+]3cn(C)c4c(=O)[nH]c(N)nc43)C(O)[C@H]2OC)O[C@H]1n1cnc2c(N)ncnc21. The molecule has 0 aliphatic carbocycles. The number of aliphatic hydroxyl groups excluding tert-OH is 2. The molecule has 43 heteroatoms. The minimum absolute atomic E-state index is 0.0262. The van der Waals surface area contributed by atoms with Gasteiger partial charge in [0.05, 0.1) is 45.6 Å². The van der Waals surface area contributed by atoms with Crippen molar-refractivity contribution >= 4 is 93.2 Å². The van der Waals surface area contributed by atoms with Gasteiger partial charge in [-0.05, 0) is 25.7 Å². The van der Waals surface area contributed by atoms with Crippen LogP contribution in [0.5, 0.6) is 0 Å². The van der Waals surface area contributed by atoms with Crippen molar-refractivity contribution in [2.24, 2.45) is 7.05 Å². The average Bonchev–Trinajstić information content (AvgIpc) is 4.40. The number of aryl methyl sites for hydroxylation is 1. The van der Waals surface area contributed by atoms with Gasteiger partial charge in [0.25, 0.3) is 17.1 Å². The number of hydrogen-bond acceptors (Lipinski definition) is 29. The van der Waals surface area contributed by atoms with E-state index in [9.17, 15) is 53.1 Å². The van der Waals surface area contributed by atoms with Gasteiger partial charge in [-0.25, -0.2) is 38.2 Å². The highest BCUT2D eigenvalue weighted by atomic mass is 32.5. The molecule has 0 amide bonds. The summed E-state index contributed by atoms with van der Waals surface area (Å²) in [6.45, 7) is -4.01. The molecule has 3 aliphatic rings. The molecule has 7 unspecified atom stereocenters. The van der Waals surface area contributed by atoms with Gasteiger partial charge in [0.1, 0.15) is 66.8 Å². The first-order valence-electron chi connectivity index (χ1n) is 22.9. The Morgan fingerprint density at radius 1 is 0.722 bits per heavy atom. The Morgan fingerprint density at radius 3 is 1.94 bits per heavy atom. The van der Waals surface area contributed by atoms with Gasteiger partial charge < -0.3 is 79.9 Å². The number of imidazole rings is 3. The van der Waals surface area contributed by atoms with E-state index in [0.717, 1.165) is 13.4 Å². The molecule has 0 aromatic carbocycles. The highest BCUT2D eigenvalue weighted by Gasteiger charge is 2.54. The summed E-state index contributed by atoms with van der Waals surface area (Å²) in [6.07, 6.45) is -12.6. The number of hydrogen-bond donors (Lipinski definition) is 11. The van der Waals surface area contributed by atoms with Gasteiger partial charge in [-0.1, -0.05) is 4.98 Å².